The number of aryl methyl sites for hydroxylation is 1. The summed E-state index contributed by atoms with van der Waals surface area (Å²) in [4.78, 5) is 17.1. The van der Waals surface area contributed by atoms with E-state index in [0.717, 1.165) is 22.9 Å². The van der Waals surface area contributed by atoms with E-state index in [0.29, 0.717) is 13.1 Å². The lowest BCUT2D eigenvalue weighted by Crippen LogP contribution is -2.47. The minimum Gasteiger partial charge on any atom is -0.444 e. The van der Waals surface area contributed by atoms with Gasteiger partial charge >= 0.3 is 6.09 Å². The highest BCUT2D eigenvalue weighted by Crippen LogP contribution is 2.34. The number of H-pyrrole nitrogens is 1. The highest BCUT2D eigenvalue weighted by Gasteiger charge is 2.34. The molecule has 1 aliphatic heterocycles. The van der Waals surface area contributed by atoms with Crippen LogP contribution >= 0.6 is 0 Å². The Hall–Kier alpha value is -2.01. The lowest BCUT2D eigenvalue weighted by Gasteiger charge is -2.36. The second-order valence-electron chi connectivity index (χ2n) is 7.63. The van der Waals surface area contributed by atoms with Gasteiger partial charge in [0.1, 0.15) is 5.60 Å². The Morgan fingerprint density at radius 2 is 2.12 bits per heavy atom. The number of piperidine rings is 1. The van der Waals surface area contributed by atoms with Crippen molar-refractivity contribution in [1.29, 1.82) is 0 Å². The van der Waals surface area contributed by atoms with Crippen molar-refractivity contribution in [3.8, 4) is 0 Å². The zero-order valence-electron chi connectivity index (χ0n) is 14.8. The molecule has 0 unspecified atom stereocenters. The minimum atomic E-state index is -0.592. The standard InChI is InChI=1S/C19H26N2O3/c1-12-6-5-7-14-15(10-20-17(12)14)13-8-9-21(11-16(13)22)18(23)24-19(2,3)4/h5-7,10,13,16,20,22H,8-9,11H2,1-4H3/t13-,16+/m0/s1. The Balaban J connectivity index is 1.76. The Morgan fingerprint density at radius 3 is 2.79 bits per heavy atom. The maximum absolute atomic E-state index is 12.2. The van der Waals surface area contributed by atoms with E-state index in [2.05, 4.69) is 24.0 Å². The first-order valence-corrected chi connectivity index (χ1v) is 8.49. The molecule has 0 saturated carbocycles. The van der Waals surface area contributed by atoms with Gasteiger partial charge in [0.25, 0.3) is 0 Å². The smallest absolute Gasteiger partial charge is 0.410 e. The van der Waals surface area contributed by atoms with E-state index in [9.17, 15) is 9.90 Å². The van der Waals surface area contributed by atoms with Crippen molar-refractivity contribution in [2.75, 3.05) is 13.1 Å². The number of carbonyl (C=O) groups is 1. The Kier molecular flexibility index (Phi) is 4.30. The number of carbonyl (C=O) groups excluding carboxylic acids is 1. The molecule has 5 heteroatoms. The molecule has 1 aromatic heterocycles. The quantitative estimate of drug-likeness (QED) is 0.840. The summed E-state index contributed by atoms with van der Waals surface area (Å²) in [6.07, 6.45) is 1.77. The van der Waals surface area contributed by atoms with Gasteiger partial charge in [-0.25, -0.2) is 4.79 Å². The number of aliphatic hydroxyl groups is 1. The van der Waals surface area contributed by atoms with Gasteiger partial charge in [-0.05, 0) is 45.2 Å². The molecule has 2 heterocycles. The molecule has 24 heavy (non-hydrogen) atoms. The number of aromatic amines is 1. The predicted molar refractivity (Wildman–Crippen MR) is 94.2 cm³/mol. The van der Waals surface area contributed by atoms with Crippen LogP contribution in [0.3, 0.4) is 0 Å². The molecule has 0 spiro atoms. The number of aromatic nitrogens is 1. The van der Waals surface area contributed by atoms with Gasteiger partial charge < -0.3 is 19.7 Å². The number of benzene rings is 1. The zero-order chi connectivity index (χ0) is 17.5. The van der Waals surface area contributed by atoms with Crippen molar-refractivity contribution in [3.05, 3.63) is 35.5 Å². The van der Waals surface area contributed by atoms with E-state index in [4.69, 9.17) is 4.74 Å². The highest BCUT2D eigenvalue weighted by atomic mass is 16.6. The summed E-state index contributed by atoms with van der Waals surface area (Å²) < 4.78 is 5.41. The van der Waals surface area contributed by atoms with Crippen LogP contribution < -0.4 is 0 Å². The maximum Gasteiger partial charge on any atom is 0.410 e. The average molecular weight is 330 g/mol. The Labute approximate surface area is 142 Å². The van der Waals surface area contributed by atoms with Crippen LogP contribution in [-0.2, 0) is 4.74 Å². The van der Waals surface area contributed by atoms with Crippen molar-refractivity contribution in [1.82, 2.24) is 9.88 Å². The second-order valence-corrected chi connectivity index (χ2v) is 7.63. The maximum atomic E-state index is 12.2. The molecule has 1 aliphatic rings. The van der Waals surface area contributed by atoms with Gasteiger partial charge in [0.05, 0.1) is 12.6 Å². The molecular weight excluding hydrogens is 304 g/mol. The largest absolute Gasteiger partial charge is 0.444 e. The van der Waals surface area contributed by atoms with Gasteiger partial charge in [0.2, 0.25) is 0 Å². The first kappa shape index (κ1) is 16.8. The monoisotopic (exact) mass is 330 g/mol. The van der Waals surface area contributed by atoms with Gasteiger partial charge in [0, 0.05) is 29.6 Å². The molecule has 130 valence electrons. The van der Waals surface area contributed by atoms with Crippen molar-refractivity contribution in [2.24, 2.45) is 0 Å². The van der Waals surface area contributed by atoms with Gasteiger partial charge in [-0.3, -0.25) is 0 Å². The van der Waals surface area contributed by atoms with E-state index in [1.54, 1.807) is 4.90 Å². The average Bonchev–Trinajstić information content (AvgIpc) is 2.90. The first-order chi connectivity index (χ1) is 11.3. The molecule has 1 aromatic carbocycles. The SMILES string of the molecule is Cc1cccc2c([C@@H]3CCN(C(=O)OC(C)(C)C)C[C@H]3O)c[nH]c12. The third-order valence-electron chi connectivity index (χ3n) is 4.59. The molecule has 2 aromatic rings. The highest BCUT2D eigenvalue weighted by molar-refractivity contribution is 5.86. The summed E-state index contributed by atoms with van der Waals surface area (Å²) in [7, 11) is 0. The normalized spacial score (nSPS) is 22.0. The number of fused-ring (bicyclic) bond motifs is 1. The number of nitrogens with zero attached hydrogens (tertiary/aromatic N) is 1. The van der Waals surface area contributed by atoms with Crippen molar-refractivity contribution < 1.29 is 14.6 Å². The van der Waals surface area contributed by atoms with Gasteiger partial charge in [-0.15, -0.1) is 0 Å². The number of ether oxygens (including phenoxy) is 1. The molecule has 2 atom stereocenters. The number of aliphatic hydroxyl groups excluding tert-OH is 1. The number of amides is 1. The molecule has 2 N–H and O–H groups in total. The Morgan fingerprint density at radius 1 is 1.38 bits per heavy atom. The summed E-state index contributed by atoms with van der Waals surface area (Å²) in [6, 6.07) is 6.20. The molecular formula is C19H26N2O3. The fourth-order valence-corrected chi connectivity index (χ4v) is 3.42. The fourth-order valence-electron chi connectivity index (χ4n) is 3.42. The number of hydrogen-bond donors (Lipinski definition) is 2. The van der Waals surface area contributed by atoms with Crippen LogP contribution in [0.4, 0.5) is 4.79 Å². The topological polar surface area (TPSA) is 65.6 Å². The van der Waals surface area contributed by atoms with Crippen LogP contribution in [0.5, 0.6) is 0 Å². The number of rotatable bonds is 1. The molecule has 3 rings (SSSR count). The Bertz CT molecular complexity index is 745. The van der Waals surface area contributed by atoms with Crippen molar-refractivity contribution in [3.63, 3.8) is 0 Å². The van der Waals surface area contributed by atoms with E-state index >= 15 is 0 Å². The number of hydrogen-bond acceptors (Lipinski definition) is 3. The molecule has 0 bridgehead atoms. The van der Waals surface area contributed by atoms with E-state index in [1.807, 2.05) is 33.0 Å². The number of para-hydroxylation sites is 1. The minimum absolute atomic E-state index is 0.0271. The van der Waals surface area contributed by atoms with E-state index in [-0.39, 0.29) is 12.0 Å². The summed E-state index contributed by atoms with van der Waals surface area (Å²) in [6.45, 7) is 8.52. The summed E-state index contributed by atoms with van der Waals surface area (Å²) >= 11 is 0. The lowest BCUT2D eigenvalue weighted by atomic mass is 9.87. The molecule has 1 fully saturated rings. The molecule has 0 aliphatic carbocycles. The summed E-state index contributed by atoms with van der Waals surface area (Å²) in [5, 5.41) is 11.8. The predicted octanol–water partition coefficient (Wildman–Crippen LogP) is 3.56. The third-order valence-corrected chi connectivity index (χ3v) is 4.59. The van der Waals surface area contributed by atoms with Gasteiger partial charge in [-0.1, -0.05) is 18.2 Å². The molecule has 1 amide bonds. The van der Waals surface area contributed by atoms with Crippen LogP contribution in [0.25, 0.3) is 10.9 Å². The fraction of sp³-hybridized carbons (Fsp3) is 0.526. The first-order valence-electron chi connectivity index (χ1n) is 8.49. The molecule has 1 saturated heterocycles. The van der Waals surface area contributed by atoms with Gasteiger partial charge in [0.15, 0.2) is 0 Å². The number of nitrogens with one attached hydrogen (secondary N) is 1. The van der Waals surface area contributed by atoms with Crippen molar-refractivity contribution >= 4 is 17.0 Å². The summed E-state index contributed by atoms with van der Waals surface area (Å²) in [5.41, 5.74) is 2.92. The second kappa shape index (κ2) is 6.13. The third kappa shape index (κ3) is 3.26. The van der Waals surface area contributed by atoms with Crippen LogP contribution in [0.1, 0.15) is 44.2 Å². The van der Waals surface area contributed by atoms with E-state index in [1.165, 1.54) is 5.56 Å². The van der Waals surface area contributed by atoms with Crippen LogP contribution in [-0.4, -0.2) is 45.9 Å². The van der Waals surface area contributed by atoms with Crippen LogP contribution in [0.2, 0.25) is 0 Å². The van der Waals surface area contributed by atoms with Gasteiger partial charge in [-0.2, -0.15) is 0 Å². The molecule has 0 radical (unpaired) electrons. The zero-order valence-corrected chi connectivity index (χ0v) is 14.8. The lowest BCUT2D eigenvalue weighted by molar-refractivity contribution is -0.00138. The van der Waals surface area contributed by atoms with Crippen molar-refractivity contribution in [2.45, 2.75) is 51.7 Å². The number of likely N-dealkylation sites (tertiary alicyclic amines) is 1. The van der Waals surface area contributed by atoms with E-state index < -0.39 is 11.7 Å². The number of β-amino-alcohol motifs (C(OH)–C–C–N with tert-alkyl or cyclic N) is 1. The van der Waals surface area contributed by atoms with Crippen LogP contribution in [0.15, 0.2) is 24.4 Å². The molecule has 5 nitrogen and oxygen atoms in total. The summed E-state index contributed by atoms with van der Waals surface area (Å²) in [5.74, 6) is 0.0271. The van der Waals surface area contributed by atoms with Crippen LogP contribution in [0, 0.1) is 6.92 Å².